The molecule has 9 nitrogen and oxygen atoms in total. The molecule has 0 aliphatic carbocycles. The minimum absolute atomic E-state index is 0.0230. The maximum absolute atomic E-state index is 12.4. The number of hydrogen-bond acceptors (Lipinski definition) is 4. The van der Waals surface area contributed by atoms with Crippen molar-refractivity contribution in [3.8, 4) is 0 Å². The van der Waals surface area contributed by atoms with Crippen LogP contribution in [0.25, 0.3) is 0 Å². The molecule has 1 fully saturated rings. The van der Waals surface area contributed by atoms with E-state index in [1.54, 1.807) is 22.8 Å². The monoisotopic (exact) mass is 321 g/mol. The van der Waals surface area contributed by atoms with Crippen LogP contribution in [-0.2, 0) is 16.6 Å². The fraction of sp³-hybridized carbons (Fsp3) is 0.571. The summed E-state index contributed by atoms with van der Waals surface area (Å²) in [5.74, 6) is 0.426. The second-order valence-corrected chi connectivity index (χ2v) is 5.19. The standard InChI is InChI=1S/C14H23N7O2/c1-4-16-12(22)8-17-14(15-2)20-5-6-21(13(23)10-20)11-7-18-19(3)9-11/h7,9H,4-6,8,10H2,1-3H3,(H,15,17)(H,16,22). The lowest BCUT2D eigenvalue weighted by molar-refractivity contribution is -0.120. The van der Waals surface area contributed by atoms with E-state index in [0.29, 0.717) is 25.6 Å². The number of aliphatic imine (C=N–C) groups is 1. The molecule has 0 atom stereocenters. The predicted molar refractivity (Wildman–Crippen MR) is 87.2 cm³/mol. The highest BCUT2D eigenvalue weighted by atomic mass is 16.2. The van der Waals surface area contributed by atoms with Gasteiger partial charge in [-0.25, -0.2) is 0 Å². The van der Waals surface area contributed by atoms with Crippen LogP contribution in [0.15, 0.2) is 17.4 Å². The summed E-state index contributed by atoms with van der Waals surface area (Å²) in [7, 11) is 3.45. The van der Waals surface area contributed by atoms with Gasteiger partial charge in [-0.15, -0.1) is 0 Å². The number of guanidine groups is 1. The van der Waals surface area contributed by atoms with Gasteiger partial charge in [0.05, 0.1) is 18.4 Å². The van der Waals surface area contributed by atoms with Crippen LogP contribution >= 0.6 is 0 Å². The van der Waals surface area contributed by atoms with E-state index in [1.165, 1.54) is 0 Å². The Balaban J connectivity index is 1.93. The van der Waals surface area contributed by atoms with Gasteiger partial charge in [-0.1, -0.05) is 0 Å². The predicted octanol–water partition coefficient (Wildman–Crippen LogP) is -1.22. The van der Waals surface area contributed by atoms with E-state index >= 15 is 0 Å². The van der Waals surface area contributed by atoms with Crippen LogP contribution in [0.4, 0.5) is 5.69 Å². The van der Waals surface area contributed by atoms with Crippen molar-refractivity contribution in [1.29, 1.82) is 0 Å². The van der Waals surface area contributed by atoms with Crippen molar-refractivity contribution in [1.82, 2.24) is 25.3 Å². The molecule has 23 heavy (non-hydrogen) atoms. The molecule has 1 aromatic heterocycles. The first-order valence-corrected chi connectivity index (χ1v) is 7.56. The summed E-state index contributed by atoms with van der Waals surface area (Å²) in [6, 6.07) is 0. The number of aromatic nitrogens is 2. The first-order valence-electron chi connectivity index (χ1n) is 7.56. The zero-order chi connectivity index (χ0) is 16.8. The molecule has 0 aromatic carbocycles. The van der Waals surface area contributed by atoms with Crippen molar-refractivity contribution >= 4 is 23.5 Å². The average Bonchev–Trinajstić information content (AvgIpc) is 2.94. The Labute approximate surface area is 135 Å². The molecule has 2 rings (SSSR count). The normalized spacial score (nSPS) is 15.8. The molecule has 1 aromatic rings. The Bertz CT molecular complexity index is 596. The minimum Gasteiger partial charge on any atom is -0.355 e. The van der Waals surface area contributed by atoms with E-state index in [4.69, 9.17) is 0 Å². The molecule has 0 bridgehead atoms. The molecule has 0 radical (unpaired) electrons. The maximum Gasteiger partial charge on any atom is 0.246 e. The molecular formula is C14H23N7O2. The van der Waals surface area contributed by atoms with E-state index in [2.05, 4.69) is 20.7 Å². The molecular weight excluding hydrogens is 298 g/mol. The van der Waals surface area contributed by atoms with Crippen LogP contribution in [0.2, 0.25) is 0 Å². The number of piperazine rings is 1. The fourth-order valence-electron chi connectivity index (χ4n) is 2.43. The van der Waals surface area contributed by atoms with Gasteiger partial charge in [0.15, 0.2) is 5.96 Å². The number of carbonyl (C=O) groups excluding carboxylic acids is 2. The smallest absolute Gasteiger partial charge is 0.246 e. The molecule has 0 saturated carbocycles. The lowest BCUT2D eigenvalue weighted by Gasteiger charge is -2.35. The van der Waals surface area contributed by atoms with Gasteiger partial charge in [-0.3, -0.25) is 19.3 Å². The topological polar surface area (TPSA) is 94.9 Å². The van der Waals surface area contributed by atoms with Gasteiger partial charge in [-0.2, -0.15) is 5.10 Å². The summed E-state index contributed by atoms with van der Waals surface area (Å²) in [5.41, 5.74) is 0.794. The zero-order valence-electron chi connectivity index (χ0n) is 13.7. The van der Waals surface area contributed by atoms with Crippen LogP contribution in [0, 0.1) is 0 Å². The van der Waals surface area contributed by atoms with Crippen LogP contribution in [0.5, 0.6) is 0 Å². The van der Waals surface area contributed by atoms with Gasteiger partial charge in [0.2, 0.25) is 11.8 Å². The number of nitrogens with one attached hydrogen (secondary N) is 2. The summed E-state index contributed by atoms with van der Waals surface area (Å²) >= 11 is 0. The maximum atomic E-state index is 12.4. The van der Waals surface area contributed by atoms with E-state index in [9.17, 15) is 9.59 Å². The molecule has 2 N–H and O–H groups in total. The van der Waals surface area contributed by atoms with Gasteiger partial charge < -0.3 is 20.4 Å². The van der Waals surface area contributed by atoms with Crippen molar-refractivity contribution in [3.63, 3.8) is 0 Å². The Morgan fingerprint density at radius 1 is 1.39 bits per heavy atom. The van der Waals surface area contributed by atoms with Crippen molar-refractivity contribution in [2.45, 2.75) is 6.92 Å². The number of nitrogens with zero attached hydrogens (tertiary/aromatic N) is 5. The van der Waals surface area contributed by atoms with Crippen LogP contribution in [0.3, 0.4) is 0 Å². The van der Waals surface area contributed by atoms with E-state index < -0.39 is 0 Å². The summed E-state index contributed by atoms with van der Waals surface area (Å²) in [6.07, 6.45) is 3.49. The number of anilines is 1. The molecule has 0 unspecified atom stereocenters. The third-order valence-corrected chi connectivity index (χ3v) is 3.52. The van der Waals surface area contributed by atoms with E-state index in [0.717, 1.165) is 5.69 Å². The van der Waals surface area contributed by atoms with Crippen LogP contribution in [0.1, 0.15) is 6.92 Å². The molecule has 2 heterocycles. The fourth-order valence-corrected chi connectivity index (χ4v) is 2.43. The van der Waals surface area contributed by atoms with E-state index in [-0.39, 0.29) is 24.9 Å². The molecule has 9 heteroatoms. The molecule has 1 aliphatic rings. The van der Waals surface area contributed by atoms with Crippen molar-refractivity contribution < 1.29 is 9.59 Å². The summed E-state index contributed by atoms with van der Waals surface area (Å²) in [4.78, 5) is 31.6. The largest absolute Gasteiger partial charge is 0.355 e. The lowest BCUT2D eigenvalue weighted by Crippen LogP contribution is -2.56. The Morgan fingerprint density at radius 2 is 2.17 bits per heavy atom. The Hall–Kier alpha value is -2.58. The highest BCUT2D eigenvalue weighted by Crippen LogP contribution is 2.15. The quantitative estimate of drug-likeness (QED) is 0.535. The SMILES string of the molecule is CCNC(=O)CNC(=NC)N1CCN(c2cnn(C)c2)C(=O)C1. The average molecular weight is 321 g/mol. The lowest BCUT2D eigenvalue weighted by atomic mass is 10.3. The molecule has 0 spiro atoms. The highest BCUT2D eigenvalue weighted by Gasteiger charge is 2.27. The van der Waals surface area contributed by atoms with Gasteiger partial charge in [0.1, 0.15) is 6.54 Å². The summed E-state index contributed by atoms with van der Waals surface area (Å²) < 4.78 is 1.67. The number of likely N-dealkylation sites (N-methyl/N-ethyl adjacent to an activating group) is 1. The van der Waals surface area contributed by atoms with Crippen molar-refractivity contribution in [3.05, 3.63) is 12.4 Å². The Morgan fingerprint density at radius 3 is 2.74 bits per heavy atom. The third-order valence-electron chi connectivity index (χ3n) is 3.52. The number of aryl methyl sites for hydroxylation is 1. The number of carbonyl (C=O) groups is 2. The van der Waals surface area contributed by atoms with Gasteiger partial charge >= 0.3 is 0 Å². The summed E-state index contributed by atoms with van der Waals surface area (Å²) in [6.45, 7) is 3.98. The zero-order valence-corrected chi connectivity index (χ0v) is 13.7. The Kier molecular flexibility index (Phi) is 5.56. The van der Waals surface area contributed by atoms with E-state index in [1.807, 2.05) is 25.1 Å². The van der Waals surface area contributed by atoms with Gasteiger partial charge in [0.25, 0.3) is 0 Å². The highest BCUT2D eigenvalue weighted by molar-refractivity contribution is 5.98. The van der Waals surface area contributed by atoms with Gasteiger partial charge in [-0.05, 0) is 6.92 Å². The van der Waals surface area contributed by atoms with Crippen molar-refractivity contribution in [2.75, 3.05) is 44.7 Å². The summed E-state index contributed by atoms with van der Waals surface area (Å²) in [5, 5.41) is 9.78. The van der Waals surface area contributed by atoms with Crippen molar-refractivity contribution in [2.24, 2.45) is 12.0 Å². The number of rotatable bonds is 4. The second-order valence-electron chi connectivity index (χ2n) is 5.19. The molecule has 126 valence electrons. The van der Waals surface area contributed by atoms with Crippen LogP contribution < -0.4 is 15.5 Å². The van der Waals surface area contributed by atoms with Gasteiger partial charge in [0, 0.05) is 39.9 Å². The second kappa shape index (κ2) is 7.61. The number of amides is 2. The first kappa shape index (κ1) is 16.8. The first-order chi connectivity index (χ1) is 11.0. The molecule has 1 saturated heterocycles. The number of hydrogen-bond donors (Lipinski definition) is 2. The minimum atomic E-state index is -0.103. The molecule has 2 amide bonds. The molecule has 1 aliphatic heterocycles. The third kappa shape index (κ3) is 4.21. The van der Waals surface area contributed by atoms with Crippen LogP contribution in [-0.4, -0.2) is 72.2 Å².